The first-order valence-corrected chi connectivity index (χ1v) is 5.81. The van der Waals surface area contributed by atoms with Crippen LogP contribution in [0, 0.1) is 0 Å². The van der Waals surface area contributed by atoms with Crippen LogP contribution in [0.1, 0.15) is 12.5 Å². The van der Waals surface area contributed by atoms with Crippen molar-refractivity contribution in [1.29, 1.82) is 0 Å². The SMILES string of the molecule is CCOCCN(C)Cc1cc(Cl)ccc1N. The molecule has 0 amide bonds. The van der Waals surface area contributed by atoms with Crippen molar-refractivity contribution in [1.82, 2.24) is 4.90 Å². The van der Waals surface area contributed by atoms with Gasteiger partial charge in [0.2, 0.25) is 0 Å². The topological polar surface area (TPSA) is 38.5 Å². The minimum atomic E-state index is 0.724. The molecule has 4 heteroatoms. The van der Waals surface area contributed by atoms with E-state index in [4.69, 9.17) is 22.1 Å². The first-order chi connectivity index (χ1) is 7.63. The minimum Gasteiger partial charge on any atom is -0.398 e. The zero-order chi connectivity index (χ0) is 12.0. The van der Waals surface area contributed by atoms with Gasteiger partial charge in [0.1, 0.15) is 0 Å². The van der Waals surface area contributed by atoms with Crippen LogP contribution in [0.4, 0.5) is 5.69 Å². The fourth-order valence-electron chi connectivity index (χ4n) is 1.45. The van der Waals surface area contributed by atoms with E-state index in [1.54, 1.807) is 6.07 Å². The van der Waals surface area contributed by atoms with Crippen LogP contribution < -0.4 is 5.73 Å². The molecular formula is C12H19ClN2O. The van der Waals surface area contributed by atoms with Gasteiger partial charge < -0.3 is 10.5 Å². The maximum Gasteiger partial charge on any atom is 0.0593 e. The number of nitrogens with two attached hydrogens (primary N) is 1. The van der Waals surface area contributed by atoms with E-state index in [0.717, 1.165) is 42.6 Å². The highest BCUT2D eigenvalue weighted by molar-refractivity contribution is 6.30. The van der Waals surface area contributed by atoms with Crippen molar-refractivity contribution in [3.05, 3.63) is 28.8 Å². The molecule has 90 valence electrons. The molecule has 0 unspecified atom stereocenters. The van der Waals surface area contributed by atoms with Gasteiger partial charge in [-0.05, 0) is 37.7 Å². The van der Waals surface area contributed by atoms with Crippen molar-refractivity contribution in [3.8, 4) is 0 Å². The molecule has 0 aliphatic heterocycles. The summed E-state index contributed by atoms with van der Waals surface area (Å²) in [5, 5.41) is 0.724. The average molecular weight is 243 g/mol. The van der Waals surface area contributed by atoms with Gasteiger partial charge in [0, 0.05) is 30.4 Å². The number of nitrogen functional groups attached to an aromatic ring is 1. The second-order valence-corrected chi connectivity index (χ2v) is 4.21. The number of hydrogen-bond acceptors (Lipinski definition) is 3. The lowest BCUT2D eigenvalue weighted by molar-refractivity contribution is 0.120. The van der Waals surface area contributed by atoms with E-state index < -0.39 is 0 Å². The van der Waals surface area contributed by atoms with E-state index in [-0.39, 0.29) is 0 Å². The number of likely N-dealkylation sites (N-methyl/N-ethyl adjacent to an activating group) is 1. The van der Waals surface area contributed by atoms with E-state index >= 15 is 0 Å². The van der Waals surface area contributed by atoms with Crippen LogP contribution in [0.2, 0.25) is 5.02 Å². The summed E-state index contributed by atoms with van der Waals surface area (Å²) in [6, 6.07) is 5.56. The Balaban J connectivity index is 2.48. The standard InChI is InChI=1S/C12H19ClN2O/c1-3-16-7-6-15(2)9-10-8-11(13)4-5-12(10)14/h4-5,8H,3,6-7,9,14H2,1-2H3. The smallest absolute Gasteiger partial charge is 0.0593 e. The molecule has 2 N–H and O–H groups in total. The Morgan fingerprint density at radius 3 is 2.88 bits per heavy atom. The number of benzene rings is 1. The molecule has 1 aromatic carbocycles. The number of halogens is 1. The monoisotopic (exact) mass is 242 g/mol. The van der Waals surface area contributed by atoms with Gasteiger partial charge in [0.15, 0.2) is 0 Å². The van der Waals surface area contributed by atoms with Crippen molar-refractivity contribution >= 4 is 17.3 Å². The van der Waals surface area contributed by atoms with Gasteiger partial charge in [-0.1, -0.05) is 11.6 Å². The van der Waals surface area contributed by atoms with E-state index in [2.05, 4.69) is 4.90 Å². The summed E-state index contributed by atoms with van der Waals surface area (Å²) in [5.74, 6) is 0. The third-order valence-corrected chi connectivity index (χ3v) is 2.60. The van der Waals surface area contributed by atoms with Crippen LogP contribution in [0.25, 0.3) is 0 Å². The molecule has 0 heterocycles. The van der Waals surface area contributed by atoms with Gasteiger partial charge >= 0.3 is 0 Å². The number of nitrogens with zero attached hydrogens (tertiary/aromatic N) is 1. The Labute approximate surface area is 102 Å². The molecule has 0 aliphatic carbocycles. The van der Waals surface area contributed by atoms with Crippen molar-refractivity contribution in [3.63, 3.8) is 0 Å². The minimum absolute atomic E-state index is 0.724. The van der Waals surface area contributed by atoms with E-state index in [9.17, 15) is 0 Å². The summed E-state index contributed by atoms with van der Waals surface area (Å²) in [7, 11) is 2.04. The normalized spacial score (nSPS) is 11.0. The zero-order valence-electron chi connectivity index (χ0n) is 9.87. The Morgan fingerprint density at radius 2 is 2.19 bits per heavy atom. The fraction of sp³-hybridized carbons (Fsp3) is 0.500. The number of anilines is 1. The molecule has 0 saturated carbocycles. The largest absolute Gasteiger partial charge is 0.398 e. The van der Waals surface area contributed by atoms with Crippen LogP contribution in [0.15, 0.2) is 18.2 Å². The van der Waals surface area contributed by atoms with Crippen molar-refractivity contribution in [2.24, 2.45) is 0 Å². The molecule has 0 aliphatic rings. The molecule has 1 rings (SSSR count). The lowest BCUT2D eigenvalue weighted by Crippen LogP contribution is -2.23. The van der Waals surface area contributed by atoms with Crippen molar-refractivity contribution < 1.29 is 4.74 Å². The molecule has 0 bridgehead atoms. The maximum atomic E-state index is 5.93. The Hall–Kier alpha value is -0.770. The summed E-state index contributed by atoms with van der Waals surface area (Å²) in [6.07, 6.45) is 0. The Morgan fingerprint density at radius 1 is 1.44 bits per heavy atom. The molecule has 16 heavy (non-hydrogen) atoms. The molecule has 3 nitrogen and oxygen atoms in total. The zero-order valence-corrected chi connectivity index (χ0v) is 10.6. The van der Waals surface area contributed by atoms with E-state index in [1.807, 2.05) is 26.1 Å². The second-order valence-electron chi connectivity index (χ2n) is 3.78. The Kier molecular flexibility index (Phi) is 5.60. The molecule has 0 spiro atoms. The highest BCUT2D eigenvalue weighted by atomic mass is 35.5. The summed E-state index contributed by atoms with van der Waals surface area (Å²) < 4.78 is 5.30. The van der Waals surface area contributed by atoms with Gasteiger partial charge in [-0.25, -0.2) is 0 Å². The van der Waals surface area contributed by atoms with Gasteiger partial charge in [-0.3, -0.25) is 4.90 Å². The second kappa shape index (κ2) is 6.74. The number of ether oxygens (including phenoxy) is 1. The molecule has 0 fully saturated rings. The fourth-order valence-corrected chi connectivity index (χ4v) is 1.64. The predicted octanol–water partition coefficient (Wildman–Crippen LogP) is 2.39. The Bertz CT molecular complexity index is 331. The quantitative estimate of drug-likeness (QED) is 0.615. The average Bonchev–Trinajstić information content (AvgIpc) is 2.24. The van der Waals surface area contributed by atoms with Crippen LogP contribution in [0.3, 0.4) is 0 Å². The molecule has 0 aromatic heterocycles. The lowest BCUT2D eigenvalue weighted by atomic mass is 10.2. The first kappa shape index (κ1) is 13.3. The summed E-state index contributed by atoms with van der Waals surface area (Å²) >= 11 is 5.93. The molecule has 0 atom stereocenters. The molecule has 0 radical (unpaired) electrons. The van der Waals surface area contributed by atoms with E-state index in [0.29, 0.717) is 0 Å². The van der Waals surface area contributed by atoms with Crippen LogP contribution in [0.5, 0.6) is 0 Å². The highest BCUT2D eigenvalue weighted by Gasteiger charge is 2.04. The third kappa shape index (κ3) is 4.39. The lowest BCUT2D eigenvalue weighted by Gasteiger charge is -2.17. The third-order valence-electron chi connectivity index (χ3n) is 2.37. The first-order valence-electron chi connectivity index (χ1n) is 5.43. The van der Waals surface area contributed by atoms with Crippen molar-refractivity contribution in [2.75, 3.05) is 32.5 Å². The molecule has 1 aromatic rings. The van der Waals surface area contributed by atoms with Crippen LogP contribution >= 0.6 is 11.6 Å². The summed E-state index contributed by atoms with van der Waals surface area (Å²) in [5.41, 5.74) is 7.72. The summed E-state index contributed by atoms with van der Waals surface area (Å²) in [6.45, 7) is 5.18. The van der Waals surface area contributed by atoms with Crippen LogP contribution in [-0.4, -0.2) is 31.7 Å². The van der Waals surface area contributed by atoms with Crippen LogP contribution in [-0.2, 0) is 11.3 Å². The molecular weight excluding hydrogens is 224 g/mol. The van der Waals surface area contributed by atoms with Gasteiger partial charge in [-0.15, -0.1) is 0 Å². The van der Waals surface area contributed by atoms with Gasteiger partial charge in [0.25, 0.3) is 0 Å². The molecule has 0 saturated heterocycles. The number of rotatable bonds is 6. The van der Waals surface area contributed by atoms with E-state index in [1.165, 1.54) is 0 Å². The van der Waals surface area contributed by atoms with Gasteiger partial charge in [0.05, 0.1) is 6.61 Å². The summed E-state index contributed by atoms with van der Waals surface area (Å²) in [4.78, 5) is 2.16. The number of hydrogen-bond donors (Lipinski definition) is 1. The van der Waals surface area contributed by atoms with Crippen molar-refractivity contribution in [2.45, 2.75) is 13.5 Å². The highest BCUT2D eigenvalue weighted by Crippen LogP contribution is 2.18. The maximum absolute atomic E-state index is 5.93. The van der Waals surface area contributed by atoms with Gasteiger partial charge in [-0.2, -0.15) is 0 Å². The predicted molar refractivity (Wildman–Crippen MR) is 68.7 cm³/mol.